The molecule has 5 aromatic rings. The van der Waals surface area contributed by atoms with Crippen LogP contribution in [0.4, 0.5) is 11.4 Å². The summed E-state index contributed by atoms with van der Waals surface area (Å²) in [6, 6.07) is 27.8. The molecular weight excluding hydrogens is 697 g/mol. The van der Waals surface area contributed by atoms with Crippen molar-refractivity contribution in [3.05, 3.63) is 126 Å². The lowest BCUT2D eigenvalue weighted by atomic mass is 10.00. The second-order valence-electron chi connectivity index (χ2n) is 11.1. The van der Waals surface area contributed by atoms with Gasteiger partial charge in [-0.05, 0) is 66.6 Å². The van der Waals surface area contributed by atoms with Gasteiger partial charge < -0.3 is 19.7 Å². The Morgan fingerprint density at radius 3 is 1.63 bits per heavy atom. The molecule has 2 N–H and O–H groups in total. The minimum Gasteiger partial charge on any atom is -0.497 e. The number of hydrogen-bond donors (Lipinski definition) is 2. The Kier molecular flexibility index (Phi) is 11.0. The molecule has 0 heterocycles. The van der Waals surface area contributed by atoms with Gasteiger partial charge in [0.15, 0.2) is 0 Å². The Bertz CT molecular complexity index is 2290. The number of allylic oxidation sites excluding steroid dienone is 1. The number of hydrogen-bond acceptors (Lipinski definition) is 8. The van der Waals surface area contributed by atoms with Crippen molar-refractivity contribution in [3.8, 4) is 11.5 Å². The van der Waals surface area contributed by atoms with Gasteiger partial charge in [0, 0.05) is 16.3 Å². The first-order valence-electron chi connectivity index (χ1n) is 15.4. The van der Waals surface area contributed by atoms with Gasteiger partial charge in [-0.1, -0.05) is 66.7 Å². The molecule has 0 aliphatic rings. The van der Waals surface area contributed by atoms with Crippen molar-refractivity contribution >= 4 is 60.2 Å². The van der Waals surface area contributed by atoms with Crippen molar-refractivity contribution < 1.29 is 46.1 Å². The summed E-state index contributed by atoms with van der Waals surface area (Å²) >= 11 is 0. The number of ether oxygens (including phenoxy) is 2. The smallest absolute Gasteiger partial charge is 0.324 e. The van der Waals surface area contributed by atoms with Crippen LogP contribution in [-0.2, 0) is 36.1 Å². The van der Waals surface area contributed by atoms with E-state index in [4.69, 9.17) is 9.47 Å². The molecule has 264 valence electrons. The minimum absolute atomic E-state index is 0.0472. The van der Waals surface area contributed by atoms with E-state index in [2.05, 4.69) is 0 Å². The van der Waals surface area contributed by atoms with Crippen LogP contribution < -0.4 is 18.1 Å². The number of carboxylic acid groups (broad SMARTS) is 2. The molecule has 0 radical (unpaired) electrons. The summed E-state index contributed by atoms with van der Waals surface area (Å²) in [6.07, 6.45) is 3.68. The molecule has 0 atom stereocenters. The fourth-order valence-electron chi connectivity index (χ4n) is 5.49. The van der Waals surface area contributed by atoms with E-state index in [1.807, 2.05) is 30.3 Å². The third kappa shape index (κ3) is 7.97. The standard InChI is InChI=1S/C37H34N2O10S2/c1-48-28-15-19-30(20-16-28)50(44,45)38(24-35(40)41)34-23-27(12-8-11-26-9-4-3-5-10-26)37(33-14-7-6-13-32(33)34)39(25-36(42)43)51(46,47)31-21-17-29(49-2)18-22-31/h3-10,12-23H,11,24-25H2,1-2H3,(H,40,41)(H,42,43)/b12-8-. The van der Waals surface area contributed by atoms with Crippen LogP contribution in [0.1, 0.15) is 11.1 Å². The zero-order valence-corrected chi connectivity index (χ0v) is 29.2. The predicted molar refractivity (Wildman–Crippen MR) is 193 cm³/mol. The Morgan fingerprint density at radius 2 is 1.12 bits per heavy atom. The van der Waals surface area contributed by atoms with Crippen LogP contribution in [0.15, 0.2) is 125 Å². The fourth-order valence-corrected chi connectivity index (χ4v) is 8.37. The molecule has 0 amide bonds. The molecular formula is C37H34N2O10S2. The maximum absolute atomic E-state index is 14.3. The van der Waals surface area contributed by atoms with E-state index in [-0.39, 0.29) is 37.5 Å². The summed E-state index contributed by atoms with van der Waals surface area (Å²) in [6.45, 7) is -1.96. The topological polar surface area (TPSA) is 168 Å². The molecule has 0 spiro atoms. The van der Waals surface area contributed by atoms with Gasteiger partial charge in [0.25, 0.3) is 20.0 Å². The average molecular weight is 731 g/mol. The van der Waals surface area contributed by atoms with E-state index in [0.29, 0.717) is 17.9 Å². The zero-order chi connectivity index (χ0) is 36.8. The molecule has 5 rings (SSSR count). The second kappa shape index (κ2) is 15.4. The number of methoxy groups -OCH3 is 2. The maximum atomic E-state index is 14.3. The number of carbonyl (C=O) groups is 2. The Labute approximate surface area is 295 Å². The van der Waals surface area contributed by atoms with Crippen molar-refractivity contribution in [2.45, 2.75) is 16.2 Å². The maximum Gasteiger partial charge on any atom is 0.324 e. The van der Waals surface area contributed by atoms with Gasteiger partial charge in [-0.25, -0.2) is 16.8 Å². The number of rotatable bonds is 15. The summed E-state index contributed by atoms with van der Waals surface area (Å²) < 4.78 is 68.8. The van der Waals surface area contributed by atoms with E-state index in [1.165, 1.54) is 80.9 Å². The fraction of sp³-hybridized carbons (Fsp3) is 0.135. The normalized spacial score (nSPS) is 11.7. The summed E-state index contributed by atoms with van der Waals surface area (Å²) in [7, 11) is -6.27. The first kappa shape index (κ1) is 36.4. The molecule has 12 nitrogen and oxygen atoms in total. The van der Waals surface area contributed by atoms with Crippen LogP contribution in [0.2, 0.25) is 0 Å². The van der Waals surface area contributed by atoms with Gasteiger partial charge in [0.1, 0.15) is 24.6 Å². The van der Waals surface area contributed by atoms with Crippen molar-refractivity contribution in [2.75, 3.05) is 35.9 Å². The van der Waals surface area contributed by atoms with Crippen molar-refractivity contribution in [1.82, 2.24) is 0 Å². The van der Waals surface area contributed by atoms with Crippen LogP contribution in [0, 0.1) is 0 Å². The summed E-state index contributed by atoms with van der Waals surface area (Å²) in [4.78, 5) is 24.1. The highest BCUT2D eigenvalue weighted by atomic mass is 32.2. The van der Waals surface area contributed by atoms with E-state index in [0.717, 1.165) is 14.2 Å². The highest BCUT2D eigenvalue weighted by Crippen LogP contribution is 2.42. The minimum atomic E-state index is -4.57. The molecule has 0 saturated heterocycles. The highest BCUT2D eigenvalue weighted by molar-refractivity contribution is 7.93. The number of carboxylic acids is 2. The lowest BCUT2D eigenvalue weighted by Gasteiger charge is -2.30. The quantitative estimate of drug-likeness (QED) is 0.137. The number of fused-ring (bicyclic) bond motifs is 1. The van der Waals surface area contributed by atoms with E-state index >= 15 is 0 Å². The molecule has 0 aliphatic heterocycles. The molecule has 14 heteroatoms. The number of sulfonamides is 2. The predicted octanol–water partition coefficient (Wildman–Crippen LogP) is 5.67. The largest absolute Gasteiger partial charge is 0.497 e. The SMILES string of the molecule is COc1ccc(S(=O)(=O)N(CC(=O)O)c2cc(/C=C\Cc3ccccc3)c(N(CC(=O)O)S(=O)(=O)c3ccc(OC)cc3)c3ccccc23)cc1. The first-order valence-corrected chi connectivity index (χ1v) is 18.3. The number of nitrogens with zero attached hydrogens (tertiary/aromatic N) is 2. The second-order valence-corrected chi connectivity index (χ2v) is 14.9. The molecule has 0 bridgehead atoms. The van der Waals surface area contributed by atoms with Crippen molar-refractivity contribution in [1.29, 1.82) is 0 Å². The molecule has 0 aromatic heterocycles. The van der Waals surface area contributed by atoms with Crippen molar-refractivity contribution in [3.63, 3.8) is 0 Å². The van der Waals surface area contributed by atoms with Gasteiger partial charge in [0.2, 0.25) is 0 Å². The zero-order valence-electron chi connectivity index (χ0n) is 27.5. The van der Waals surface area contributed by atoms with Gasteiger partial charge in [-0.3, -0.25) is 18.2 Å². The van der Waals surface area contributed by atoms with Gasteiger partial charge in [-0.2, -0.15) is 0 Å². The lowest BCUT2D eigenvalue weighted by molar-refractivity contribution is -0.136. The first-order chi connectivity index (χ1) is 24.4. The van der Waals surface area contributed by atoms with Crippen molar-refractivity contribution in [2.24, 2.45) is 0 Å². The Hall–Kier alpha value is -5.86. The average Bonchev–Trinajstić information content (AvgIpc) is 3.13. The van der Waals surface area contributed by atoms with Crippen LogP contribution in [-0.4, -0.2) is 66.3 Å². The van der Waals surface area contributed by atoms with E-state index in [1.54, 1.807) is 24.3 Å². The molecule has 0 saturated carbocycles. The number of benzene rings is 5. The van der Waals surface area contributed by atoms with Crippen LogP contribution >= 0.6 is 0 Å². The number of anilines is 2. The molecule has 0 unspecified atom stereocenters. The lowest BCUT2D eigenvalue weighted by Crippen LogP contribution is -2.37. The van der Waals surface area contributed by atoms with Gasteiger partial charge in [-0.15, -0.1) is 0 Å². The highest BCUT2D eigenvalue weighted by Gasteiger charge is 2.34. The summed E-state index contributed by atoms with van der Waals surface area (Å²) in [5.74, 6) is -2.13. The monoisotopic (exact) mass is 730 g/mol. The number of aliphatic carboxylic acids is 2. The molecule has 0 fully saturated rings. The van der Waals surface area contributed by atoms with Gasteiger partial charge in [0.05, 0.1) is 35.4 Å². The Morgan fingerprint density at radius 1 is 0.647 bits per heavy atom. The Balaban J connectivity index is 1.82. The van der Waals surface area contributed by atoms with Crippen LogP contribution in [0.3, 0.4) is 0 Å². The third-order valence-corrected chi connectivity index (χ3v) is 11.4. The van der Waals surface area contributed by atoms with Crippen LogP contribution in [0.5, 0.6) is 11.5 Å². The summed E-state index contributed by atoms with van der Waals surface area (Å²) in [5, 5.41) is 20.3. The van der Waals surface area contributed by atoms with Crippen LogP contribution in [0.25, 0.3) is 16.8 Å². The third-order valence-electron chi connectivity index (χ3n) is 7.89. The van der Waals surface area contributed by atoms with E-state index in [9.17, 15) is 36.6 Å². The summed E-state index contributed by atoms with van der Waals surface area (Å²) in [5.41, 5.74) is 0.926. The molecule has 0 aliphatic carbocycles. The van der Waals surface area contributed by atoms with Gasteiger partial charge >= 0.3 is 11.9 Å². The molecule has 51 heavy (non-hydrogen) atoms. The van der Waals surface area contributed by atoms with E-state index < -0.39 is 45.1 Å². The molecule has 5 aromatic carbocycles.